The molecule has 5 heteroatoms. The summed E-state index contributed by atoms with van der Waals surface area (Å²) in [5.41, 5.74) is 0. The van der Waals surface area contributed by atoms with E-state index < -0.39 is 8.45 Å². The van der Waals surface area contributed by atoms with Crippen molar-refractivity contribution in [3.05, 3.63) is 0 Å². The molecule has 0 aromatic rings. The summed E-state index contributed by atoms with van der Waals surface area (Å²) in [6.07, 6.45) is 1.23. The van der Waals surface area contributed by atoms with Crippen LogP contribution in [0.2, 0.25) is 0 Å². The van der Waals surface area contributed by atoms with Crippen molar-refractivity contribution in [1.29, 1.82) is 0 Å². The monoisotopic (exact) mass is 264 g/mol. The second-order valence-corrected chi connectivity index (χ2v) is 7.51. The fourth-order valence-corrected chi connectivity index (χ4v) is 5.45. The molecule has 96 valence electrons. The third kappa shape index (κ3) is 2.94. The third-order valence-corrected chi connectivity index (χ3v) is 6.39. The van der Waals surface area contributed by atoms with E-state index in [1.54, 1.807) is 0 Å². The highest BCUT2D eigenvalue weighted by molar-refractivity contribution is 7.52. The van der Waals surface area contributed by atoms with E-state index >= 15 is 0 Å². The lowest BCUT2D eigenvalue weighted by molar-refractivity contribution is 0.145. The largest absolute Gasteiger partial charge is 0.315 e. The standard InChI is InChI=1S/C11H26N2OP2/c1-8(2)12-10(5)7-11(6)13(9(3)4)16(12)14-15/h8-11H,7,15H2,1-6H3. The molecule has 0 saturated carbocycles. The van der Waals surface area contributed by atoms with E-state index in [1.165, 1.54) is 6.42 Å². The Hall–Kier alpha value is 0.740. The molecule has 0 radical (unpaired) electrons. The first-order chi connectivity index (χ1) is 7.40. The van der Waals surface area contributed by atoms with E-state index in [1.807, 2.05) is 0 Å². The molecule has 0 spiro atoms. The molecule has 1 fully saturated rings. The van der Waals surface area contributed by atoms with E-state index in [4.69, 9.17) is 4.31 Å². The van der Waals surface area contributed by atoms with Crippen molar-refractivity contribution in [2.75, 3.05) is 0 Å². The Morgan fingerprint density at radius 1 is 1.06 bits per heavy atom. The van der Waals surface area contributed by atoms with E-state index in [2.05, 4.69) is 60.3 Å². The maximum Gasteiger partial charge on any atom is 0.191 e. The van der Waals surface area contributed by atoms with Gasteiger partial charge in [0, 0.05) is 33.6 Å². The molecule has 1 heterocycles. The zero-order chi connectivity index (χ0) is 12.5. The predicted octanol–water partition coefficient (Wildman–Crippen LogP) is 3.62. The highest BCUT2D eigenvalue weighted by Crippen LogP contribution is 2.55. The number of nitrogens with zero attached hydrogens (tertiary/aromatic N) is 2. The van der Waals surface area contributed by atoms with Crippen LogP contribution in [-0.2, 0) is 4.31 Å². The molecule has 3 nitrogen and oxygen atoms in total. The second kappa shape index (κ2) is 6.07. The fraction of sp³-hybridized carbons (Fsp3) is 1.00. The summed E-state index contributed by atoms with van der Waals surface area (Å²) in [4.78, 5) is 0. The van der Waals surface area contributed by atoms with Gasteiger partial charge in [0.2, 0.25) is 0 Å². The van der Waals surface area contributed by atoms with Crippen molar-refractivity contribution in [2.45, 2.75) is 72.1 Å². The van der Waals surface area contributed by atoms with Crippen LogP contribution in [0.15, 0.2) is 0 Å². The van der Waals surface area contributed by atoms with Crippen LogP contribution in [-0.4, -0.2) is 33.5 Å². The molecule has 3 atom stereocenters. The van der Waals surface area contributed by atoms with Crippen LogP contribution in [0.5, 0.6) is 0 Å². The van der Waals surface area contributed by atoms with Gasteiger partial charge in [0.1, 0.15) is 0 Å². The summed E-state index contributed by atoms with van der Waals surface area (Å²) in [5, 5.41) is 0. The Bertz CT molecular complexity index is 206. The smallest absolute Gasteiger partial charge is 0.191 e. The minimum atomic E-state index is -0.624. The average Bonchev–Trinajstić information content (AvgIpc) is 2.14. The van der Waals surface area contributed by atoms with Gasteiger partial charge in [0.05, 0.1) is 0 Å². The zero-order valence-corrected chi connectivity index (χ0v) is 13.4. The summed E-state index contributed by atoms with van der Waals surface area (Å²) >= 11 is 0. The molecule has 1 aliphatic rings. The van der Waals surface area contributed by atoms with Crippen molar-refractivity contribution in [3.8, 4) is 0 Å². The number of rotatable bonds is 3. The molecule has 3 unspecified atom stereocenters. The molecule has 1 aliphatic heterocycles. The van der Waals surface area contributed by atoms with Gasteiger partial charge in [-0.05, 0) is 48.0 Å². The van der Waals surface area contributed by atoms with Gasteiger partial charge >= 0.3 is 0 Å². The van der Waals surface area contributed by atoms with Gasteiger partial charge in [0.15, 0.2) is 8.45 Å². The molecule has 0 bridgehead atoms. The van der Waals surface area contributed by atoms with Crippen LogP contribution in [0.3, 0.4) is 0 Å². The minimum Gasteiger partial charge on any atom is -0.315 e. The highest BCUT2D eigenvalue weighted by atomic mass is 31.2. The maximum atomic E-state index is 5.71. The van der Waals surface area contributed by atoms with Crippen LogP contribution < -0.4 is 0 Å². The number of hydrogen-bond donors (Lipinski definition) is 0. The zero-order valence-electron chi connectivity index (χ0n) is 11.3. The van der Waals surface area contributed by atoms with Gasteiger partial charge in [-0.3, -0.25) is 0 Å². The Kier molecular flexibility index (Phi) is 5.61. The first kappa shape index (κ1) is 14.8. The van der Waals surface area contributed by atoms with Crippen LogP contribution >= 0.6 is 17.9 Å². The van der Waals surface area contributed by atoms with Crippen molar-refractivity contribution in [1.82, 2.24) is 9.34 Å². The van der Waals surface area contributed by atoms with Crippen molar-refractivity contribution < 1.29 is 4.31 Å². The van der Waals surface area contributed by atoms with Crippen LogP contribution in [0.4, 0.5) is 0 Å². The SMILES string of the molecule is CC(C)N1C(C)CC(C)N(C(C)C)P1OP. The molecule has 0 aliphatic carbocycles. The van der Waals surface area contributed by atoms with E-state index in [0.29, 0.717) is 24.2 Å². The van der Waals surface area contributed by atoms with Crippen molar-refractivity contribution in [3.63, 3.8) is 0 Å². The lowest BCUT2D eigenvalue weighted by Crippen LogP contribution is -2.51. The topological polar surface area (TPSA) is 15.7 Å². The van der Waals surface area contributed by atoms with E-state index in [0.717, 1.165) is 0 Å². The van der Waals surface area contributed by atoms with Gasteiger partial charge < -0.3 is 4.31 Å². The summed E-state index contributed by atoms with van der Waals surface area (Å²) < 4.78 is 10.7. The minimum absolute atomic E-state index is 0.537. The Labute approximate surface area is 104 Å². The molecule has 1 saturated heterocycles. The lowest BCUT2D eigenvalue weighted by atomic mass is 10.1. The van der Waals surface area contributed by atoms with E-state index in [-0.39, 0.29) is 0 Å². The first-order valence-corrected chi connectivity index (χ1v) is 7.77. The molecule has 16 heavy (non-hydrogen) atoms. The van der Waals surface area contributed by atoms with Gasteiger partial charge in [-0.25, -0.2) is 9.34 Å². The Balaban J connectivity index is 2.93. The average molecular weight is 264 g/mol. The molecule has 0 amide bonds. The molecular formula is C11H26N2OP2. The second-order valence-electron chi connectivity index (χ2n) is 5.24. The van der Waals surface area contributed by atoms with Gasteiger partial charge in [-0.1, -0.05) is 0 Å². The predicted molar refractivity (Wildman–Crippen MR) is 75.2 cm³/mol. The number of hydrogen-bond acceptors (Lipinski definition) is 3. The van der Waals surface area contributed by atoms with Crippen molar-refractivity contribution in [2.24, 2.45) is 0 Å². The maximum absolute atomic E-state index is 5.71. The summed E-state index contributed by atoms with van der Waals surface area (Å²) in [5.74, 6) is 0. The van der Waals surface area contributed by atoms with Gasteiger partial charge in [-0.15, -0.1) is 0 Å². The highest BCUT2D eigenvalue weighted by Gasteiger charge is 2.41. The van der Waals surface area contributed by atoms with Crippen LogP contribution in [0.25, 0.3) is 0 Å². The first-order valence-electron chi connectivity index (χ1n) is 6.13. The van der Waals surface area contributed by atoms with Crippen molar-refractivity contribution >= 4 is 17.9 Å². The van der Waals surface area contributed by atoms with Crippen LogP contribution in [0.1, 0.15) is 48.0 Å². The molecular weight excluding hydrogens is 238 g/mol. The normalized spacial score (nSPS) is 33.9. The lowest BCUT2D eigenvalue weighted by Gasteiger charge is -2.51. The molecule has 1 rings (SSSR count). The van der Waals surface area contributed by atoms with E-state index in [9.17, 15) is 0 Å². The molecule has 0 aromatic heterocycles. The van der Waals surface area contributed by atoms with Gasteiger partial charge in [0.25, 0.3) is 0 Å². The quantitative estimate of drug-likeness (QED) is 0.724. The fourth-order valence-electron chi connectivity index (χ4n) is 2.69. The van der Waals surface area contributed by atoms with Gasteiger partial charge in [-0.2, -0.15) is 0 Å². The molecule has 0 aromatic carbocycles. The Morgan fingerprint density at radius 3 is 1.69 bits per heavy atom. The van der Waals surface area contributed by atoms with Crippen LogP contribution in [0, 0.1) is 0 Å². The Morgan fingerprint density at radius 2 is 1.44 bits per heavy atom. The summed E-state index contributed by atoms with van der Waals surface area (Å²) in [7, 11) is 1.84. The summed E-state index contributed by atoms with van der Waals surface area (Å²) in [6, 6.07) is 2.29. The molecule has 0 N–H and O–H groups in total. The summed E-state index contributed by atoms with van der Waals surface area (Å²) in [6.45, 7) is 13.6. The third-order valence-electron chi connectivity index (χ3n) is 3.13.